The predicted octanol–water partition coefficient (Wildman–Crippen LogP) is 2.23. The first kappa shape index (κ1) is 10.2. The molecule has 0 spiro atoms. The molecule has 10 heavy (non-hydrogen) atoms. The molecule has 0 N–H and O–H groups in total. The third-order valence-corrected chi connectivity index (χ3v) is 1.31. The van der Waals surface area contributed by atoms with Gasteiger partial charge in [0.25, 0.3) is 0 Å². The molecule has 2 nitrogen and oxygen atoms in total. The number of hydroxylamine groups is 2. The topological polar surface area (TPSA) is 12.5 Å². The first-order valence-corrected chi connectivity index (χ1v) is 4.10. The highest BCUT2D eigenvalue weighted by Crippen LogP contribution is 2.05. The third kappa shape index (κ3) is 3.40. The zero-order chi connectivity index (χ0) is 8.15. The summed E-state index contributed by atoms with van der Waals surface area (Å²) < 4.78 is 0. The fourth-order valence-electron chi connectivity index (χ4n) is 0.951. The van der Waals surface area contributed by atoms with Gasteiger partial charge in [-0.25, -0.2) is 0 Å². The zero-order valence-electron chi connectivity index (χ0n) is 7.10. The Labute approximate surface area is 68.1 Å². The molecule has 0 bridgehead atoms. The van der Waals surface area contributed by atoms with Gasteiger partial charge in [0.05, 0.1) is 0 Å². The Morgan fingerprint density at radius 1 is 1.20 bits per heavy atom. The number of hydrogen-bond acceptors (Lipinski definition) is 2. The minimum atomic E-state index is 0.233. The fourth-order valence-corrected chi connectivity index (χ4v) is 1.06. The van der Waals surface area contributed by atoms with E-state index in [9.17, 15) is 0 Å². The lowest BCUT2D eigenvalue weighted by Crippen LogP contribution is -2.36. The van der Waals surface area contributed by atoms with Gasteiger partial charge in [-0.15, -0.1) is 0 Å². The zero-order valence-corrected chi connectivity index (χ0v) is 7.85. The number of nitrogens with zero attached hydrogens (tertiary/aromatic N) is 1. The Bertz CT molecular complexity index is 77.7. The van der Waals surface area contributed by atoms with Gasteiger partial charge in [-0.1, -0.05) is 11.6 Å². The summed E-state index contributed by atoms with van der Waals surface area (Å²) >= 11 is 5.42. The van der Waals surface area contributed by atoms with Crippen LogP contribution in [0.25, 0.3) is 0 Å². The van der Waals surface area contributed by atoms with Crippen molar-refractivity contribution >= 4 is 11.6 Å². The van der Waals surface area contributed by atoms with Gasteiger partial charge in [-0.3, -0.25) is 4.84 Å². The van der Waals surface area contributed by atoms with E-state index in [2.05, 4.69) is 27.7 Å². The van der Waals surface area contributed by atoms with Crippen LogP contribution in [0.2, 0.25) is 0 Å². The summed E-state index contributed by atoms with van der Waals surface area (Å²) in [6, 6.07) is 1.01. The summed E-state index contributed by atoms with van der Waals surface area (Å²) in [5, 5.41) is 1.88. The predicted molar refractivity (Wildman–Crippen MR) is 43.9 cm³/mol. The molecular weight excluding hydrogens is 150 g/mol. The molecule has 3 heteroatoms. The quantitative estimate of drug-likeness (QED) is 0.468. The van der Waals surface area contributed by atoms with Gasteiger partial charge >= 0.3 is 0 Å². The number of hydrogen-bond donors (Lipinski definition) is 0. The van der Waals surface area contributed by atoms with Gasteiger partial charge in [-0.05, 0) is 27.7 Å². The van der Waals surface area contributed by atoms with Crippen molar-refractivity contribution in [1.82, 2.24) is 5.06 Å². The van der Waals surface area contributed by atoms with Crippen LogP contribution < -0.4 is 0 Å². The molecule has 0 aromatic rings. The van der Waals surface area contributed by atoms with E-state index in [1.54, 1.807) is 0 Å². The highest BCUT2D eigenvalue weighted by atomic mass is 35.5. The molecule has 0 aromatic carbocycles. The van der Waals surface area contributed by atoms with Crippen LogP contribution in [0, 0.1) is 0 Å². The molecule has 62 valence electrons. The Morgan fingerprint density at radius 2 is 1.60 bits per heavy atom. The van der Waals surface area contributed by atoms with Crippen LogP contribution in [0.15, 0.2) is 0 Å². The molecule has 0 heterocycles. The summed E-state index contributed by atoms with van der Waals surface area (Å²) in [4.78, 5) is 5.16. The fraction of sp³-hybridized carbons (Fsp3) is 1.00. The van der Waals surface area contributed by atoms with Crippen LogP contribution >= 0.6 is 11.6 Å². The third-order valence-electron chi connectivity index (χ3n) is 1.22. The molecule has 0 aromatic heterocycles. The second-order valence-electron chi connectivity index (χ2n) is 2.79. The maximum atomic E-state index is 5.42. The second-order valence-corrected chi connectivity index (χ2v) is 3.00. The molecular formula is C7H16ClNO. The molecule has 0 saturated carbocycles. The van der Waals surface area contributed by atoms with Crippen LogP contribution in [-0.4, -0.2) is 23.2 Å². The first-order chi connectivity index (χ1) is 4.59. The van der Waals surface area contributed by atoms with Gasteiger partial charge in [-0.2, -0.15) is 5.06 Å². The highest BCUT2D eigenvalue weighted by molar-refractivity contribution is 6.17. The normalized spacial score (nSPS) is 12.0. The molecule has 0 aliphatic carbocycles. The average Bonchev–Trinajstić information content (AvgIpc) is 1.81. The SMILES string of the molecule is CC(C)N(OCCl)C(C)C. The summed E-state index contributed by atoms with van der Waals surface area (Å²) in [5.41, 5.74) is 0. The maximum Gasteiger partial charge on any atom is 0.142 e. The lowest BCUT2D eigenvalue weighted by Gasteiger charge is -2.28. The van der Waals surface area contributed by atoms with Crippen molar-refractivity contribution in [3.63, 3.8) is 0 Å². The van der Waals surface area contributed by atoms with Crippen LogP contribution in [0.1, 0.15) is 27.7 Å². The largest absolute Gasteiger partial charge is 0.282 e. The standard InChI is InChI=1S/C7H16ClNO/c1-6(2)9(7(3)4)10-5-8/h6-7H,5H2,1-4H3. The van der Waals surface area contributed by atoms with E-state index < -0.39 is 0 Å². The van der Waals surface area contributed by atoms with Gasteiger partial charge in [0.15, 0.2) is 0 Å². The van der Waals surface area contributed by atoms with Crippen molar-refractivity contribution in [2.75, 3.05) is 6.07 Å². The molecule has 0 rings (SSSR count). The van der Waals surface area contributed by atoms with Crippen molar-refractivity contribution in [2.45, 2.75) is 39.8 Å². The first-order valence-electron chi connectivity index (χ1n) is 3.56. The van der Waals surface area contributed by atoms with E-state index in [1.165, 1.54) is 0 Å². The van der Waals surface area contributed by atoms with Crippen LogP contribution in [0.4, 0.5) is 0 Å². The number of alkyl halides is 1. The molecule has 0 fully saturated rings. The van der Waals surface area contributed by atoms with Crippen molar-refractivity contribution < 1.29 is 4.84 Å². The minimum absolute atomic E-state index is 0.233. The van der Waals surface area contributed by atoms with Gasteiger partial charge in [0.2, 0.25) is 0 Å². The van der Waals surface area contributed by atoms with E-state index in [1.807, 2.05) is 5.06 Å². The Kier molecular flexibility index (Phi) is 5.04. The van der Waals surface area contributed by atoms with E-state index in [0.717, 1.165) is 0 Å². The van der Waals surface area contributed by atoms with E-state index in [4.69, 9.17) is 16.4 Å². The summed E-state index contributed by atoms with van der Waals surface area (Å²) in [6.07, 6.45) is 0. The summed E-state index contributed by atoms with van der Waals surface area (Å²) in [7, 11) is 0. The molecule has 0 saturated heterocycles. The van der Waals surface area contributed by atoms with E-state index in [0.29, 0.717) is 12.1 Å². The van der Waals surface area contributed by atoms with Crippen molar-refractivity contribution in [3.05, 3.63) is 0 Å². The van der Waals surface area contributed by atoms with E-state index in [-0.39, 0.29) is 6.07 Å². The van der Waals surface area contributed by atoms with Crippen molar-refractivity contribution in [2.24, 2.45) is 0 Å². The Hall–Kier alpha value is 0.210. The van der Waals surface area contributed by atoms with Crippen molar-refractivity contribution in [3.8, 4) is 0 Å². The Morgan fingerprint density at radius 3 is 1.70 bits per heavy atom. The second kappa shape index (κ2) is 4.94. The van der Waals surface area contributed by atoms with Crippen LogP contribution in [-0.2, 0) is 4.84 Å². The maximum absolute atomic E-state index is 5.42. The monoisotopic (exact) mass is 165 g/mol. The number of rotatable bonds is 4. The molecule has 0 atom stereocenters. The highest BCUT2D eigenvalue weighted by Gasteiger charge is 2.12. The van der Waals surface area contributed by atoms with Crippen LogP contribution in [0.5, 0.6) is 0 Å². The number of halogens is 1. The van der Waals surface area contributed by atoms with Gasteiger partial charge in [0.1, 0.15) is 6.07 Å². The van der Waals surface area contributed by atoms with Crippen LogP contribution in [0.3, 0.4) is 0 Å². The summed E-state index contributed by atoms with van der Waals surface area (Å²) in [5.74, 6) is 0. The van der Waals surface area contributed by atoms with Gasteiger partial charge in [0, 0.05) is 12.1 Å². The molecule has 0 amide bonds. The minimum Gasteiger partial charge on any atom is -0.282 e. The molecule has 0 unspecified atom stereocenters. The Balaban J connectivity index is 3.73. The molecule has 0 aliphatic rings. The molecule has 0 aliphatic heterocycles. The van der Waals surface area contributed by atoms with E-state index >= 15 is 0 Å². The lowest BCUT2D eigenvalue weighted by molar-refractivity contribution is -0.183. The lowest BCUT2D eigenvalue weighted by atomic mass is 10.3. The molecule has 0 radical (unpaired) electrons. The summed E-state index contributed by atoms with van der Waals surface area (Å²) in [6.45, 7) is 8.30. The average molecular weight is 166 g/mol. The van der Waals surface area contributed by atoms with Crippen molar-refractivity contribution in [1.29, 1.82) is 0 Å². The van der Waals surface area contributed by atoms with Gasteiger partial charge < -0.3 is 0 Å². The smallest absolute Gasteiger partial charge is 0.142 e.